The van der Waals surface area contributed by atoms with Crippen LogP contribution in [0.15, 0.2) is 42.6 Å². The van der Waals surface area contributed by atoms with Gasteiger partial charge in [-0.25, -0.2) is 4.98 Å². The largest absolute Gasteiger partial charge is 0.376 e. The van der Waals surface area contributed by atoms with Gasteiger partial charge in [0.15, 0.2) is 0 Å². The van der Waals surface area contributed by atoms with Gasteiger partial charge >= 0.3 is 0 Å². The van der Waals surface area contributed by atoms with E-state index in [4.69, 9.17) is 16.3 Å². The number of pyridine rings is 1. The van der Waals surface area contributed by atoms with Gasteiger partial charge in [-0.2, -0.15) is 0 Å². The highest BCUT2D eigenvalue weighted by atomic mass is 35.5. The summed E-state index contributed by atoms with van der Waals surface area (Å²) < 4.78 is 5.56. The Morgan fingerprint density at radius 2 is 2.08 bits per heavy atom. The minimum absolute atomic E-state index is 0.0841. The second-order valence-corrected chi connectivity index (χ2v) is 6.24. The lowest BCUT2D eigenvalue weighted by atomic mass is 10.1. The number of benzene rings is 1. The molecule has 1 unspecified atom stereocenters. The van der Waals surface area contributed by atoms with Crippen molar-refractivity contribution in [2.75, 3.05) is 23.8 Å². The molecule has 126 valence electrons. The number of aromatic nitrogens is 1. The van der Waals surface area contributed by atoms with Crippen molar-refractivity contribution in [2.45, 2.75) is 25.4 Å². The zero-order valence-electron chi connectivity index (χ0n) is 13.3. The van der Waals surface area contributed by atoms with Gasteiger partial charge in [0.25, 0.3) is 0 Å². The van der Waals surface area contributed by atoms with Gasteiger partial charge in [0.2, 0.25) is 5.91 Å². The van der Waals surface area contributed by atoms with Gasteiger partial charge in [0.05, 0.1) is 24.4 Å². The van der Waals surface area contributed by atoms with Gasteiger partial charge in [0, 0.05) is 18.2 Å². The van der Waals surface area contributed by atoms with Crippen LogP contribution in [0, 0.1) is 0 Å². The van der Waals surface area contributed by atoms with Gasteiger partial charge in [-0.15, -0.1) is 0 Å². The van der Waals surface area contributed by atoms with Crippen molar-refractivity contribution in [1.29, 1.82) is 0 Å². The molecule has 3 rings (SSSR count). The molecule has 5 nitrogen and oxygen atoms in total. The van der Waals surface area contributed by atoms with Gasteiger partial charge in [-0.05, 0) is 42.7 Å². The Hall–Kier alpha value is -2.11. The van der Waals surface area contributed by atoms with Crippen molar-refractivity contribution in [3.05, 3.63) is 53.2 Å². The quantitative estimate of drug-likeness (QED) is 0.841. The molecule has 0 spiro atoms. The fraction of sp³-hybridized carbons (Fsp3) is 0.333. The summed E-state index contributed by atoms with van der Waals surface area (Å²) in [6.45, 7) is 1.60. The van der Waals surface area contributed by atoms with Gasteiger partial charge in [-0.1, -0.05) is 23.7 Å². The first-order valence-electron chi connectivity index (χ1n) is 8.05. The van der Waals surface area contributed by atoms with E-state index in [1.54, 1.807) is 18.3 Å². The fourth-order valence-electron chi connectivity index (χ4n) is 2.59. The van der Waals surface area contributed by atoms with Crippen LogP contribution in [0.25, 0.3) is 0 Å². The average molecular weight is 346 g/mol. The molecule has 2 heterocycles. The number of nitrogens with one attached hydrogen (secondary N) is 2. The first-order chi connectivity index (χ1) is 11.7. The van der Waals surface area contributed by atoms with Gasteiger partial charge in [-0.3, -0.25) is 4.79 Å². The van der Waals surface area contributed by atoms with Gasteiger partial charge < -0.3 is 15.4 Å². The van der Waals surface area contributed by atoms with E-state index in [0.717, 1.165) is 37.4 Å². The zero-order chi connectivity index (χ0) is 16.8. The van der Waals surface area contributed by atoms with Crippen LogP contribution in [-0.2, 0) is 16.0 Å². The molecule has 24 heavy (non-hydrogen) atoms. The monoisotopic (exact) mass is 345 g/mol. The van der Waals surface area contributed by atoms with Gasteiger partial charge in [0.1, 0.15) is 5.82 Å². The van der Waals surface area contributed by atoms with E-state index >= 15 is 0 Å². The normalized spacial score (nSPS) is 16.8. The molecule has 0 bridgehead atoms. The summed E-state index contributed by atoms with van der Waals surface area (Å²) in [7, 11) is 0. The average Bonchev–Trinajstić information content (AvgIpc) is 3.10. The summed E-state index contributed by atoms with van der Waals surface area (Å²) >= 11 is 5.84. The second-order valence-electron chi connectivity index (χ2n) is 5.80. The molecule has 1 aromatic carbocycles. The minimum atomic E-state index is -0.0841. The highest BCUT2D eigenvalue weighted by Gasteiger charge is 2.14. The van der Waals surface area contributed by atoms with Crippen molar-refractivity contribution in [1.82, 2.24) is 4.98 Å². The predicted octanol–water partition coefficient (Wildman–Crippen LogP) is 3.51. The molecule has 0 radical (unpaired) electrons. The van der Waals surface area contributed by atoms with E-state index in [2.05, 4.69) is 15.6 Å². The number of hydrogen-bond acceptors (Lipinski definition) is 4. The summed E-state index contributed by atoms with van der Waals surface area (Å²) in [5.41, 5.74) is 1.59. The first kappa shape index (κ1) is 16.7. The van der Waals surface area contributed by atoms with Crippen LogP contribution in [-0.4, -0.2) is 30.1 Å². The number of halogens is 1. The van der Waals surface area contributed by atoms with Crippen LogP contribution in [0.1, 0.15) is 18.4 Å². The maximum absolute atomic E-state index is 12.0. The lowest BCUT2D eigenvalue weighted by molar-refractivity contribution is -0.115. The Bertz CT molecular complexity index is 668. The van der Waals surface area contributed by atoms with E-state index in [1.807, 2.05) is 24.3 Å². The van der Waals surface area contributed by atoms with Crippen LogP contribution in [0.2, 0.25) is 5.02 Å². The maximum Gasteiger partial charge on any atom is 0.228 e. The molecule has 2 N–H and O–H groups in total. The summed E-state index contributed by atoms with van der Waals surface area (Å²) in [6, 6.07) is 10.9. The number of amides is 1. The molecule has 1 amide bonds. The molecule has 0 aliphatic carbocycles. The lowest BCUT2D eigenvalue weighted by Gasteiger charge is -2.11. The van der Waals surface area contributed by atoms with Crippen molar-refractivity contribution in [3.8, 4) is 0 Å². The Balaban J connectivity index is 1.47. The number of rotatable bonds is 6. The second kappa shape index (κ2) is 8.13. The SMILES string of the molecule is O=C(Cc1ccc(Cl)cc1)Nc1ccc(NCC2CCCO2)nc1. The number of anilines is 2. The number of carbonyl (C=O) groups is 1. The topological polar surface area (TPSA) is 63.2 Å². The predicted molar refractivity (Wildman–Crippen MR) is 95.5 cm³/mol. The zero-order valence-corrected chi connectivity index (χ0v) is 14.1. The molecule has 6 heteroatoms. The van der Waals surface area contributed by atoms with E-state index in [1.165, 1.54) is 0 Å². The summed E-state index contributed by atoms with van der Waals surface area (Å²) in [6.07, 6.45) is 4.43. The summed E-state index contributed by atoms with van der Waals surface area (Å²) in [5, 5.41) is 6.76. The molecule has 1 aromatic heterocycles. The molecular formula is C18H20ClN3O2. The van der Waals surface area contributed by atoms with Crippen LogP contribution < -0.4 is 10.6 Å². The Labute approximate surface area is 146 Å². The van der Waals surface area contributed by atoms with E-state index in [9.17, 15) is 4.79 Å². The highest BCUT2D eigenvalue weighted by molar-refractivity contribution is 6.30. The third-order valence-corrected chi connectivity index (χ3v) is 4.11. The Kier molecular flexibility index (Phi) is 5.67. The number of carbonyl (C=O) groups excluding carboxylic acids is 1. The van der Waals surface area contributed by atoms with Crippen LogP contribution in [0.4, 0.5) is 11.5 Å². The van der Waals surface area contributed by atoms with Crippen molar-refractivity contribution in [2.24, 2.45) is 0 Å². The lowest BCUT2D eigenvalue weighted by Crippen LogP contribution is -2.19. The highest BCUT2D eigenvalue weighted by Crippen LogP contribution is 2.15. The molecule has 1 aliphatic heterocycles. The molecule has 2 aromatic rings. The van der Waals surface area contributed by atoms with E-state index < -0.39 is 0 Å². The van der Waals surface area contributed by atoms with Crippen LogP contribution >= 0.6 is 11.6 Å². The minimum Gasteiger partial charge on any atom is -0.376 e. The molecule has 1 saturated heterocycles. The number of hydrogen-bond donors (Lipinski definition) is 2. The molecule has 1 aliphatic rings. The maximum atomic E-state index is 12.0. The van der Waals surface area contributed by atoms with Crippen molar-refractivity contribution >= 4 is 29.0 Å². The molecule has 0 saturated carbocycles. The van der Waals surface area contributed by atoms with E-state index in [-0.39, 0.29) is 12.0 Å². The fourth-order valence-corrected chi connectivity index (χ4v) is 2.71. The molecular weight excluding hydrogens is 326 g/mol. The smallest absolute Gasteiger partial charge is 0.228 e. The molecule has 1 atom stereocenters. The Morgan fingerprint density at radius 1 is 1.25 bits per heavy atom. The number of ether oxygens (including phenoxy) is 1. The molecule has 1 fully saturated rings. The first-order valence-corrected chi connectivity index (χ1v) is 8.43. The van der Waals surface area contributed by atoms with Crippen LogP contribution in [0.3, 0.4) is 0 Å². The van der Waals surface area contributed by atoms with Crippen LogP contribution in [0.5, 0.6) is 0 Å². The summed E-state index contributed by atoms with van der Waals surface area (Å²) in [5.74, 6) is 0.695. The summed E-state index contributed by atoms with van der Waals surface area (Å²) in [4.78, 5) is 16.4. The van der Waals surface area contributed by atoms with Crippen molar-refractivity contribution in [3.63, 3.8) is 0 Å². The Morgan fingerprint density at radius 3 is 2.75 bits per heavy atom. The number of nitrogens with zero attached hydrogens (tertiary/aromatic N) is 1. The standard InChI is InChI=1S/C18H20ClN3O2/c19-14-5-3-13(4-6-14)10-18(23)22-15-7-8-17(20-11-15)21-12-16-2-1-9-24-16/h3-8,11,16H,1-2,9-10,12H2,(H,20,21)(H,22,23). The van der Waals surface area contributed by atoms with E-state index in [0.29, 0.717) is 17.1 Å². The third-order valence-electron chi connectivity index (χ3n) is 3.86. The van der Waals surface area contributed by atoms with Crippen molar-refractivity contribution < 1.29 is 9.53 Å². The third kappa shape index (κ3) is 4.94.